The third-order valence-electron chi connectivity index (χ3n) is 4.77. The molecule has 9 heteroatoms. The summed E-state index contributed by atoms with van der Waals surface area (Å²) in [6.45, 7) is 2.50. The molecule has 1 heterocycles. The summed E-state index contributed by atoms with van der Waals surface area (Å²) >= 11 is 0. The molecule has 0 saturated carbocycles. The Morgan fingerprint density at radius 1 is 1.07 bits per heavy atom. The predicted octanol–water partition coefficient (Wildman–Crippen LogP) is 2.37. The lowest BCUT2D eigenvalue weighted by Gasteiger charge is -2.31. The number of amides is 2. The molecule has 2 amide bonds. The van der Waals surface area contributed by atoms with Gasteiger partial charge in [0.1, 0.15) is 5.82 Å². The molecule has 3 rings (SSSR count). The normalized spacial score (nSPS) is 15.2. The van der Waals surface area contributed by atoms with Gasteiger partial charge in [0.25, 0.3) is 5.91 Å². The first-order valence-corrected chi connectivity index (χ1v) is 10.7. The Morgan fingerprint density at radius 2 is 1.72 bits per heavy atom. The van der Waals surface area contributed by atoms with Crippen molar-refractivity contribution in [1.82, 2.24) is 9.62 Å². The minimum absolute atomic E-state index is 0.0155. The van der Waals surface area contributed by atoms with Gasteiger partial charge in [0.15, 0.2) is 0 Å². The number of benzene rings is 2. The Labute approximate surface area is 169 Å². The highest BCUT2D eigenvalue weighted by Gasteiger charge is 2.26. The van der Waals surface area contributed by atoms with Crippen molar-refractivity contribution in [2.75, 3.05) is 18.4 Å². The first-order valence-electron chi connectivity index (χ1n) is 9.19. The fourth-order valence-electron chi connectivity index (χ4n) is 3.14. The lowest BCUT2D eigenvalue weighted by Crippen LogP contribution is -2.45. The molecule has 154 valence electrons. The lowest BCUT2D eigenvalue weighted by molar-refractivity contribution is -0.129. The maximum absolute atomic E-state index is 13.0. The van der Waals surface area contributed by atoms with Crippen molar-refractivity contribution in [2.45, 2.75) is 30.7 Å². The van der Waals surface area contributed by atoms with Crippen LogP contribution >= 0.6 is 0 Å². The van der Waals surface area contributed by atoms with Gasteiger partial charge in [0, 0.05) is 37.3 Å². The van der Waals surface area contributed by atoms with Gasteiger partial charge in [-0.3, -0.25) is 9.59 Å². The second-order valence-corrected chi connectivity index (χ2v) is 8.60. The van der Waals surface area contributed by atoms with E-state index in [0.717, 1.165) is 0 Å². The number of carbonyl (C=O) groups excluding carboxylic acids is 2. The highest BCUT2D eigenvalue weighted by atomic mass is 32.2. The highest BCUT2D eigenvalue weighted by molar-refractivity contribution is 7.89. The van der Waals surface area contributed by atoms with Crippen molar-refractivity contribution in [3.05, 3.63) is 59.9 Å². The molecule has 2 N–H and O–H groups in total. The minimum Gasteiger partial charge on any atom is -0.343 e. The number of sulfonamides is 1. The van der Waals surface area contributed by atoms with Gasteiger partial charge in [-0.25, -0.2) is 17.5 Å². The second kappa shape index (κ2) is 8.71. The summed E-state index contributed by atoms with van der Waals surface area (Å²) in [4.78, 5) is 25.5. The maximum atomic E-state index is 13.0. The predicted molar refractivity (Wildman–Crippen MR) is 106 cm³/mol. The summed E-state index contributed by atoms with van der Waals surface area (Å²) in [5, 5.41) is 2.60. The van der Waals surface area contributed by atoms with E-state index in [4.69, 9.17) is 0 Å². The molecule has 0 spiro atoms. The minimum atomic E-state index is -3.82. The molecule has 0 aliphatic carbocycles. The molecular formula is C20H22FN3O4S. The molecule has 1 aliphatic heterocycles. The van der Waals surface area contributed by atoms with Crippen molar-refractivity contribution >= 4 is 27.5 Å². The topological polar surface area (TPSA) is 95.6 Å². The molecule has 0 atom stereocenters. The van der Waals surface area contributed by atoms with Crippen LogP contribution in [-0.2, 0) is 14.8 Å². The van der Waals surface area contributed by atoms with Gasteiger partial charge >= 0.3 is 0 Å². The number of hydrogen-bond acceptors (Lipinski definition) is 4. The van der Waals surface area contributed by atoms with Gasteiger partial charge in [-0.1, -0.05) is 6.07 Å². The number of nitrogens with one attached hydrogen (secondary N) is 2. The molecule has 1 saturated heterocycles. The van der Waals surface area contributed by atoms with Crippen LogP contribution in [0.3, 0.4) is 0 Å². The SMILES string of the molecule is CC(=O)N1CCC(NS(=O)(=O)c2cccc(C(=O)Nc3ccc(F)cc3)c2)CC1. The lowest BCUT2D eigenvalue weighted by atomic mass is 10.1. The Hall–Kier alpha value is -2.78. The first kappa shape index (κ1) is 20.9. The van der Waals surface area contributed by atoms with Crippen molar-refractivity contribution in [3.8, 4) is 0 Å². The fraction of sp³-hybridized carbons (Fsp3) is 0.300. The third-order valence-corrected chi connectivity index (χ3v) is 6.29. The summed E-state index contributed by atoms with van der Waals surface area (Å²) in [6, 6.07) is 10.7. The van der Waals surface area contributed by atoms with Gasteiger partial charge in [0.2, 0.25) is 15.9 Å². The van der Waals surface area contributed by atoms with Crippen LogP contribution in [0.1, 0.15) is 30.1 Å². The molecule has 0 bridgehead atoms. The summed E-state index contributed by atoms with van der Waals surface area (Å²) in [7, 11) is -3.82. The van der Waals surface area contributed by atoms with E-state index in [1.54, 1.807) is 4.90 Å². The van der Waals surface area contributed by atoms with Crippen LogP contribution in [0.5, 0.6) is 0 Å². The molecule has 29 heavy (non-hydrogen) atoms. The Bertz CT molecular complexity index is 1000. The molecule has 0 radical (unpaired) electrons. The Balaban J connectivity index is 1.68. The monoisotopic (exact) mass is 419 g/mol. The molecule has 0 aromatic heterocycles. The standard InChI is InChI=1S/C20H22FN3O4S/c1-14(25)24-11-9-18(10-12-24)23-29(27,28)19-4-2-3-15(13-19)20(26)22-17-7-5-16(21)6-8-17/h2-8,13,18,23H,9-12H2,1H3,(H,22,26). The smallest absolute Gasteiger partial charge is 0.255 e. The van der Waals surface area contributed by atoms with Crippen molar-refractivity contribution in [2.24, 2.45) is 0 Å². The third kappa shape index (κ3) is 5.39. The van der Waals surface area contributed by atoms with Crippen LogP contribution < -0.4 is 10.0 Å². The van der Waals surface area contributed by atoms with Gasteiger partial charge in [-0.2, -0.15) is 0 Å². The van der Waals surface area contributed by atoms with E-state index in [-0.39, 0.29) is 22.4 Å². The van der Waals surface area contributed by atoms with E-state index >= 15 is 0 Å². The largest absolute Gasteiger partial charge is 0.343 e. The molecule has 1 fully saturated rings. The molecule has 2 aromatic carbocycles. The average molecular weight is 419 g/mol. The number of nitrogens with zero attached hydrogens (tertiary/aromatic N) is 1. The number of anilines is 1. The first-order chi connectivity index (χ1) is 13.7. The van der Waals surface area contributed by atoms with E-state index in [1.807, 2.05) is 0 Å². The van der Waals surface area contributed by atoms with E-state index in [9.17, 15) is 22.4 Å². The average Bonchev–Trinajstić information content (AvgIpc) is 2.70. The van der Waals surface area contributed by atoms with Gasteiger partial charge in [-0.05, 0) is 55.3 Å². The number of carbonyl (C=O) groups is 2. The molecule has 0 unspecified atom stereocenters. The summed E-state index contributed by atoms with van der Waals surface area (Å²) in [6.07, 6.45) is 1.06. The summed E-state index contributed by atoms with van der Waals surface area (Å²) in [5.74, 6) is -0.939. The number of hydrogen-bond donors (Lipinski definition) is 2. The van der Waals surface area contributed by atoms with Crippen LogP contribution in [0.25, 0.3) is 0 Å². The van der Waals surface area contributed by atoms with Crippen LogP contribution in [0.4, 0.5) is 10.1 Å². The highest BCUT2D eigenvalue weighted by Crippen LogP contribution is 2.17. The number of likely N-dealkylation sites (tertiary alicyclic amines) is 1. The van der Waals surface area contributed by atoms with E-state index in [2.05, 4.69) is 10.0 Å². The molecule has 1 aliphatic rings. The Morgan fingerprint density at radius 3 is 2.34 bits per heavy atom. The number of halogens is 1. The van der Waals surface area contributed by atoms with Crippen LogP contribution in [0.15, 0.2) is 53.4 Å². The fourth-order valence-corrected chi connectivity index (χ4v) is 4.49. The quantitative estimate of drug-likeness (QED) is 0.778. The molecule has 7 nitrogen and oxygen atoms in total. The zero-order valence-corrected chi connectivity index (χ0v) is 16.7. The van der Waals surface area contributed by atoms with Gasteiger partial charge < -0.3 is 10.2 Å². The van der Waals surface area contributed by atoms with Crippen molar-refractivity contribution in [1.29, 1.82) is 0 Å². The maximum Gasteiger partial charge on any atom is 0.255 e. The second-order valence-electron chi connectivity index (χ2n) is 6.89. The van der Waals surface area contributed by atoms with Crippen LogP contribution in [0.2, 0.25) is 0 Å². The number of rotatable bonds is 5. The van der Waals surface area contributed by atoms with Crippen molar-refractivity contribution in [3.63, 3.8) is 0 Å². The zero-order valence-electron chi connectivity index (χ0n) is 15.9. The zero-order chi connectivity index (χ0) is 21.0. The Kier molecular flexibility index (Phi) is 6.29. The van der Waals surface area contributed by atoms with E-state index in [1.165, 1.54) is 55.5 Å². The van der Waals surface area contributed by atoms with Crippen LogP contribution in [0, 0.1) is 5.82 Å². The molecular weight excluding hydrogens is 397 g/mol. The van der Waals surface area contributed by atoms with Gasteiger partial charge in [0.05, 0.1) is 4.90 Å². The van der Waals surface area contributed by atoms with Crippen molar-refractivity contribution < 1.29 is 22.4 Å². The molecule has 2 aromatic rings. The van der Waals surface area contributed by atoms with Gasteiger partial charge in [-0.15, -0.1) is 0 Å². The summed E-state index contributed by atoms with van der Waals surface area (Å²) in [5.41, 5.74) is 0.573. The summed E-state index contributed by atoms with van der Waals surface area (Å²) < 4.78 is 41.1. The number of piperidine rings is 1. The van der Waals surface area contributed by atoms with Crippen LogP contribution in [-0.4, -0.2) is 44.3 Å². The van der Waals surface area contributed by atoms with E-state index < -0.39 is 21.7 Å². The van der Waals surface area contributed by atoms with E-state index in [0.29, 0.717) is 31.6 Å².